The SMILES string of the molecule is O=C(O)C([CH]n1c(=O)[nH]c(=O)[nH]c1=O)(n1c(=O)[nH]c(=O)[nH]c1=O)n1c(=O)[nH]c(=O)[nH]c1=O. The number of hydrogen-bond donors (Lipinski definition) is 7. The number of rotatable bonds is 5. The minimum absolute atomic E-state index is 0.0592. The Labute approximate surface area is 167 Å². The molecule has 0 atom stereocenters. The first-order chi connectivity index (χ1) is 14.9. The van der Waals surface area contributed by atoms with Crippen molar-refractivity contribution in [2.24, 2.45) is 0 Å². The highest BCUT2D eigenvalue weighted by Crippen LogP contribution is 2.16. The first-order valence-electron chi connectivity index (χ1n) is 7.85. The minimum Gasteiger partial charge on any atom is -0.478 e. The van der Waals surface area contributed by atoms with Gasteiger partial charge in [-0.3, -0.25) is 29.9 Å². The van der Waals surface area contributed by atoms with Gasteiger partial charge in [0.1, 0.15) is 6.54 Å². The zero-order valence-corrected chi connectivity index (χ0v) is 14.9. The Morgan fingerprint density at radius 3 is 1.16 bits per heavy atom. The Bertz CT molecular complexity index is 1600. The third kappa shape index (κ3) is 3.21. The number of carbonyl (C=O) groups is 1. The van der Waals surface area contributed by atoms with E-state index in [4.69, 9.17) is 0 Å². The van der Waals surface area contributed by atoms with Crippen LogP contribution in [0.5, 0.6) is 0 Å². The highest BCUT2D eigenvalue weighted by atomic mass is 16.4. The Morgan fingerprint density at radius 1 is 0.594 bits per heavy atom. The molecular weight excluding hydrogens is 446 g/mol. The van der Waals surface area contributed by atoms with Crippen molar-refractivity contribution >= 4 is 5.97 Å². The number of aromatic nitrogens is 9. The van der Waals surface area contributed by atoms with Gasteiger partial charge in [0.05, 0.1) is 0 Å². The van der Waals surface area contributed by atoms with Crippen LogP contribution < -0.4 is 51.2 Å². The highest BCUT2D eigenvalue weighted by molar-refractivity contribution is 5.78. The van der Waals surface area contributed by atoms with E-state index < -0.39 is 72.0 Å². The van der Waals surface area contributed by atoms with Crippen LogP contribution in [-0.2, 0) is 10.5 Å². The molecule has 0 aromatic carbocycles. The van der Waals surface area contributed by atoms with E-state index in [0.717, 1.165) is 0 Å². The van der Waals surface area contributed by atoms with Crippen molar-refractivity contribution in [3.8, 4) is 0 Å². The van der Waals surface area contributed by atoms with Crippen molar-refractivity contribution in [1.29, 1.82) is 0 Å². The summed E-state index contributed by atoms with van der Waals surface area (Å²) in [6.07, 6.45) is 0. The molecule has 0 amide bonds. The monoisotopic (exact) mass is 454 g/mol. The van der Waals surface area contributed by atoms with Crippen molar-refractivity contribution < 1.29 is 9.90 Å². The number of H-pyrrole nitrogens is 6. The van der Waals surface area contributed by atoms with E-state index in [1.807, 2.05) is 0 Å². The molecule has 0 aliphatic rings. The number of aliphatic carboxylic acids is 1. The molecule has 20 nitrogen and oxygen atoms in total. The standard InChI is InChI=1S/C12H8N9O11/c22-2(23)12(20-8(29)15-4(25)16-9(20)30,21-10(31)17-5(26)18-11(21)32)1-19-6(27)13-3(24)14-7(19)28/h1H,(H,22,23)(H2,13,14,24,27,28)(H2,15,16,25,29,30)(H2,17,18,26,31,32). The summed E-state index contributed by atoms with van der Waals surface area (Å²) in [4.78, 5) is 129. The second-order valence-corrected chi connectivity index (χ2v) is 5.77. The Balaban J connectivity index is 2.64. The fourth-order valence-electron chi connectivity index (χ4n) is 2.68. The predicted octanol–water partition coefficient (Wildman–Crippen LogP) is -7.70. The zero-order chi connectivity index (χ0) is 24.0. The molecule has 0 unspecified atom stereocenters. The summed E-state index contributed by atoms with van der Waals surface area (Å²) in [6.45, 7) is -0.0592. The molecule has 0 bridgehead atoms. The fourth-order valence-corrected chi connectivity index (χ4v) is 2.68. The van der Waals surface area contributed by atoms with Crippen LogP contribution in [0.3, 0.4) is 0 Å². The average Bonchev–Trinajstić information content (AvgIpc) is 2.62. The molecule has 3 aromatic heterocycles. The van der Waals surface area contributed by atoms with Crippen LogP contribution in [0.2, 0.25) is 0 Å². The largest absolute Gasteiger partial charge is 0.478 e. The van der Waals surface area contributed by atoms with Crippen molar-refractivity contribution in [1.82, 2.24) is 43.6 Å². The van der Waals surface area contributed by atoms with Crippen LogP contribution in [0.1, 0.15) is 0 Å². The number of carboxylic acids is 1. The maximum atomic E-state index is 12.4. The van der Waals surface area contributed by atoms with Crippen LogP contribution in [0.4, 0.5) is 0 Å². The predicted molar refractivity (Wildman–Crippen MR) is 96.5 cm³/mol. The van der Waals surface area contributed by atoms with Gasteiger partial charge >= 0.3 is 57.2 Å². The molecule has 0 saturated heterocycles. The number of nitrogens with one attached hydrogen (secondary N) is 6. The molecule has 32 heavy (non-hydrogen) atoms. The van der Waals surface area contributed by atoms with Gasteiger partial charge in [-0.15, -0.1) is 0 Å². The highest BCUT2D eigenvalue weighted by Gasteiger charge is 2.50. The summed E-state index contributed by atoms with van der Waals surface area (Å²) in [6, 6.07) is 0. The molecule has 20 heteroatoms. The summed E-state index contributed by atoms with van der Waals surface area (Å²) >= 11 is 0. The van der Waals surface area contributed by atoms with Crippen molar-refractivity contribution in [2.45, 2.75) is 5.66 Å². The third-order valence-corrected chi connectivity index (χ3v) is 3.88. The van der Waals surface area contributed by atoms with E-state index in [-0.39, 0.29) is 11.1 Å². The van der Waals surface area contributed by atoms with Gasteiger partial charge in [-0.1, -0.05) is 0 Å². The van der Waals surface area contributed by atoms with Crippen LogP contribution in [0.25, 0.3) is 0 Å². The van der Waals surface area contributed by atoms with Crippen LogP contribution >= 0.6 is 0 Å². The lowest BCUT2D eigenvalue weighted by Gasteiger charge is -2.30. The topological polar surface area (TPSA) is 300 Å². The number of aromatic amines is 6. The number of nitrogens with zero attached hydrogens (tertiary/aromatic N) is 3. The molecule has 3 heterocycles. The molecule has 0 aliphatic carbocycles. The Kier molecular flexibility index (Phi) is 4.81. The van der Waals surface area contributed by atoms with E-state index in [0.29, 0.717) is 0 Å². The summed E-state index contributed by atoms with van der Waals surface area (Å²) in [5.74, 6) is -2.41. The molecule has 3 aromatic rings. The maximum absolute atomic E-state index is 12.4. The Morgan fingerprint density at radius 2 is 0.875 bits per heavy atom. The lowest BCUT2D eigenvalue weighted by Crippen LogP contribution is -2.68. The quantitative estimate of drug-likeness (QED) is 0.190. The molecule has 0 fully saturated rings. The van der Waals surface area contributed by atoms with Crippen LogP contribution in [0.15, 0.2) is 43.2 Å². The van der Waals surface area contributed by atoms with E-state index in [2.05, 4.69) is 0 Å². The van der Waals surface area contributed by atoms with Crippen molar-refractivity contribution in [3.05, 3.63) is 101 Å². The van der Waals surface area contributed by atoms with Gasteiger partial charge in [0.2, 0.25) is 0 Å². The van der Waals surface area contributed by atoms with Gasteiger partial charge in [0.25, 0.3) is 5.66 Å². The summed E-state index contributed by atoms with van der Waals surface area (Å²) in [7, 11) is 0. The van der Waals surface area contributed by atoms with Gasteiger partial charge in [0.15, 0.2) is 0 Å². The van der Waals surface area contributed by atoms with E-state index >= 15 is 0 Å². The number of carboxylic acid groups (broad SMARTS) is 1. The third-order valence-electron chi connectivity index (χ3n) is 3.88. The van der Waals surface area contributed by atoms with Crippen molar-refractivity contribution in [3.63, 3.8) is 0 Å². The molecule has 3 rings (SSSR count). The maximum Gasteiger partial charge on any atom is 0.354 e. The van der Waals surface area contributed by atoms with E-state index in [1.54, 1.807) is 0 Å². The normalized spacial score (nSPS) is 11.4. The molecular formula is C12H8N9O11. The lowest BCUT2D eigenvalue weighted by molar-refractivity contribution is -0.148. The summed E-state index contributed by atoms with van der Waals surface area (Å²) in [5.41, 5.74) is -18.4. The van der Waals surface area contributed by atoms with Crippen LogP contribution in [-0.4, -0.2) is 54.7 Å². The molecule has 7 N–H and O–H groups in total. The van der Waals surface area contributed by atoms with Gasteiger partial charge in [-0.05, 0) is 0 Å². The van der Waals surface area contributed by atoms with Gasteiger partial charge in [-0.2, -0.15) is 0 Å². The van der Waals surface area contributed by atoms with Gasteiger partial charge < -0.3 is 5.11 Å². The van der Waals surface area contributed by atoms with Crippen molar-refractivity contribution in [2.75, 3.05) is 0 Å². The van der Waals surface area contributed by atoms with E-state index in [1.165, 1.54) is 29.9 Å². The summed E-state index contributed by atoms with van der Waals surface area (Å²) in [5, 5.41) is 9.92. The molecule has 0 spiro atoms. The lowest BCUT2D eigenvalue weighted by atomic mass is 10.1. The second kappa shape index (κ2) is 7.19. The summed E-state index contributed by atoms with van der Waals surface area (Å²) < 4.78 is -1.02. The fraction of sp³-hybridized carbons (Fsp3) is 0.0833. The Hall–Kier alpha value is -5.30. The minimum atomic E-state index is -3.70. The molecule has 1 radical (unpaired) electrons. The number of hydrogen-bond acceptors (Lipinski definition) is 10. The first kappa shape index (κ1) is 21.4. The smallest absolute Gasteiger partial charge is 0.354 e. The first-order valence-corrected chi connectivity index (χ1v) is 7.85. The van der Waals surface area contributed by atoms with Gasteiger partial charge in [-0.25, -0.2) is 61.6 Å². The molecule has 0 saturated carbocycles. The van der Waals surface area contributed by atoms with Crippen LogP contribution in [0, 0.1) is 6.54 Å². The zero-order valence-electron chi connectivity index (χ0n) is 14.9. The molecule has 0 aliphatic heterocycles. The van der Waals surface area contributed by atoms with E-state index in [9.17, 15) is 53.1 Å². The molecule has 167 valence electrons. The second-order valence-electron chi connectivity index (χ2n) is 5.77. The van der Waals surface area contributed by atoms with Gasteiger partial charge in [0, 0.05) is 0 Å². The average molecular weight is 454 g/mol.